The molecule has 0 bridgehead atoms. The third kappa shape index (κ3) is 4.47. The predicted octanol–water partition coefficient (Wildman–Crippen LogP) is 3.34. The number of carbonyl (C=O) groups excluding carboxylic acids is 1. The summed E-state index contributed by atoms with van der Waals surface area (Å²) in [6.07, 6.45) is 2.63. The molecular weight excluding hydrogens is 278 g/mol. The molecule has 4 heteroatoms. The van der Waals surface area contributed by atoms with Gasteiger partial charge in [0, 0.05) is 6.54 Å². The van der Waals surface area contributed by atoms with Gasteiger partial charge < -0.3 is 9.47 Å². The zero-order valence-electron chi connectivity index (χ0n) is 14.1. The van der Waals surface area contributed by atoms with Crippen molar-refractivity contribution in [3.63, 3.8) is 0 Å². The van der Waals surface area contributed by atoms with Crippen LogP contribution in [0.1, 0.15) is 48.2 Å². The fourth-order valence-corrected chi connectivity index (χ4v) is 2.93. The highest BCUT2D eigenvalue weighted by molar-refractivity contribution is 5.93. The van der Waals surface area contributed by atoms with Crippen LogP contribution in [0.15, 0.2) is 12.1 Å². The van der Waals surface area contributed by atoms with E-state index in [1.54, 1.807) is 0 Å². The van der Waals surface area contributed by atoms with Crippen molar-refractivity contribution in [2.75, 3.05) is 26.2 Å². The van der Waals surface area contributed by atoms with Gasteiger partial charge in [-0.25, -0.2) is 4.79 Å². The number of hydrogen-bond donors (Lipinski definition) is 0. The molecule has 0 amide bonds. The Balaban J connectivity index is 1.96. The highest BCUT2D eigenvalue weighted by atomic mass is 16.5. The molecule has 4 nitrogen and oxygen atoms in total. The van der Waals surface area contributed by atoms with Crippen LogP contribution in [0.4, 0.5) is 0 Å². The Kier molecular flexibility index (Phi) is 5.83. The van der Waals surface area contributed by atoms with Crippen LogP contribution in [-0.4, -0.2) is 43.2 Å². The number of ether oxygens (including phenoxy) is 2. The van der Waals surface area contributed by atoms with Crippen molar-refractivity contribution in [3.8, 4) is 5.75 Å². The average Bonchev–Trinajstić information content (AvgIpc) is 2.90. The average molecular weight is 305 g/mol. The standard InChI is InChI=1S/C18H27NO3/c1-13(2)22-16-11-14(3)17(15(4)12-16)18(20)21-10-9-19-7-5-6-8-19/h11-13H,5-10H2,1-4H3. The molecule has 0 aliphatic carbocycles. The number of aryl methyl sites for hydroxylation is 2. The Bertz CT molecular complexity index is 496. The Morgan fingerprint density at radius 3 is 2.32 bits per heavy atom. The van der Waals surface area contributed by atoms with E-state index in [2.05, 4.69) is 4.90 Å². The number of carbonyl (C=O) groups is 1. The molecule has 1 fully saturated rings. The third-order valence-electron chi connectivity index (χ3n) is 3.92. The van der Waals surface area contributed by atoms with Gasteiger partial charge in [-0.1, -0.05) is 0 Å². The summed E-state index contributed by atoms with van der Waals surface area (Å²) in [5, 5.41) is 0. The molecule has 0 saturated carbocycles. The molecule has 0 atom stereocenters. The third-order valence-corrected chi connectivity index (χ3v) is 3.92. The van der Waals surface area contributed by atoms with Gasteiger partial charge in [-0.05, 0) is 76.9 Å². The first-order valence-corrected chi connectivity index (χ1v) is 8.14. The van der Waals surface area contributed by atoms with Crippen molar-refractivity contribution in [1.29, 1.82) is 0 Å². The normalized spacial score (nSPS) is 15.3. The number of esters is 1. The lowest BCUT2D eigenvalue weighted by Gasteiger charge is -2.16. The lowest BCUT2D eigenvalue weighted by Crippen LogP contribution is -2.25. The van der Waals surface area contributed by atoms with Crippen molar-refractivity contribution < 1.29 is 14.3 Å². The molecule has 2 rings (SSSR count). The second-order valence-electron chi connectivity index (χ2n) is 6.28. The number of rotatable bonds is 6. The first-order chi connectivity index (χ1) is 10.5. The van der Waals surface area contributed by atoms with Crippen molar-refractivity contribution in [2.45, 2.75) is 46.6 Å². The molecule has 1 saturated heterocycles. The van der Waals surface area contributed by atoms with Crippen LogP contribution >= 0.6 is 0 Å². The van der Waals surface area contributed by atoms with E-state index in [0.29, 0.717) is 12.2 Å². The summed E-state index contributed by atoms with van der Waals surface area (Å²) < 4.78 is 11.2. The van der Waals surface area contributed by atoms with Crippen LogP contribution in [0.5, 0.6) is 5.75 Å². The molecule has 1 aromatic rings. The number of benzene rings is 1. The Morgan fingerprint density at radius 2 is 1.77 bits per heavy atom. The summed E-state index contributed by atoms with van der Waals surface area (Å²) in [4.78, 5) is 14.7. The van der Waals surface area contributed by atoms with Crippen LogP contribution in [0.3, 0.4) is 0 Å². The zero-order chi connectivity index (χ0) is 16.1. The first kappa shape index (κ1) is 16.8. The van der Waals surface area contributed by atoms with E-state index in [1.807, 2.05) is 39.8 Å². The summed E-state index contributed by atoms with van der Waals surface area (Å²) in [6.45, 7) is 11.4. The van der Waals surface area contributed by atoms with Crippen LogP contribution < -0.4 is 4.74 Å². The second kappa shape index (κ2) is 7.63. The minimum absolute atomic E-state index is 0.122. The molecule has 0 N–H and O–H groups in total. The minimum Gasteiger partial charge on any atom is -0.491 e. The van der Waals surface area contributed by atoms with Crippen molar-refractivity contribution >= 4 is 5.97 Å². The van der Waals surface area contributed by atoms with Gasteiger partial charge in [-0.3, -0.25) is 4.90 Å². The summed E-state index contributed by atoms with van der Waals surface area (Å²) in [7, 11) is 0. The highest BCUT2D eigenvalue weighted by Gasteiger charge is 2.17. The topological polar surface area (TPSA) is 38.8 Å². The molecule has 0 aromatic heterocycles. The molecule has 0 unspecified atom stereocenters. The Morgan fingerprint density at radius 1 is 1.18 bits per heavy atom. The van der Waals surface area contributed by atoms with E-state index < -0.39 is 0 Å². The van der Waals surface area contributed by atoms with E-state index in [-0.39, 0.29) is 12.1 Å². The van der Waals surface area contributed by atoms with Gasteiger partial charge in [0.2, 0.25) is 0 Å². The first-order valence-electron chi connectivity index (χ1n) is 8.14. The largest absolute Gasteiger partial charge is 0.491 e. The van der Waals surface area contributed by atoms with Gasteiger partial charge in [0.25, 0.3) is 0 Å². The molecule has 1 heterocycles. The number of likely N-dealkylation sites (tertiary alicyclic amines) is 1. The van der Waals surface area contributed by atoms with E-state index >= 15 is 0 Å². The molecule has 1 aromatic carbocycles. The molecular formula is C18H27NO3. The van der Waals surface area contributed by atoms with Crippen LogP contribution in [0.2, 0.25) is 0 Å². The van der Waals surface area contributed by atoms with Gasteiger partial charge in [0.05, 0.1) is 11.7 Å². The Labute approximate surface area is 133 Å². The fraction of sp³-hybridized carbons (Fsp3) is 0.611. The van der Waals surface area contributed by atoms with Crippen molar-refractivity contribution in [3.05, 3.63) is 28.8 Å². The summed E-state index contributed by atoms with van der Waals surface area (Å²) in [5.74, 6) is 0.573. The van der Waals surface area contributed by atoms with Gasteiger partial charge in [-0.2, -0.15) is 0 Å². The number of nitrogens with zero attached hydrogens (tertiary/aromatic N) is 1. The summed E-state index contributed by atoms with van der Waals surface area (Å²) in [6, 6.07) is 3.81. The fourth-order valence-electron chi connectivity index (χ4n) is 2.93. The molecule has 122 valence electrons. The highest BCUT2D eigenvalue weighted by Crippen LogP contribution is 2.23. The van der Waals surface area contributed by atoms with Crippen molar-refractivity contribution in [1.82, 2.24) is 4.90 Å². The quantitative estimate of drug-likeness (QED) is 0.756. The molecule has 0 radical (unpaired) electrons. The van der Waals surface area contributed by atoms with E-state index in [0.717, 1.165) is 36.5 Å². The lowest BCUT2D eigenvalue weighted by molar-refractivity contribution is 0.0470. The molecule has 1 aliphatic heterocycles. The maximum absolute atomic E-state index is 12.3. The second-order valence-corrected chi connectivity index (χ2v) is 6.28. The smallest absolute Gasteiger partial charge is 0.338 e. The monoisotopic (exact) mass is 305 g/mol. The lowest BCUT2D eigenvalue weighted by atomic mass is 10.0. The zero-order valence-corrected chi connectivity index (χ0v) is 14.1. The van der Waals surface area contributed by atoms with Gasteiger partial charge >= 0.3 is 5.97 Å². The van der Waals surface area contributed by atoms with Gasteiger partial charge in [0.1, 0.15) is 12.4 Å². The van der Waals surface area contributed by atoms with E-state index in [4.69, 9.17) is 9.47 Å². The van der Waals surface area contributed by atoms with E-state index in [1.165, 1.54) is 12.8 Å². The van der Waals surface area contributed by atoms with E-state index in [9.17, 15) is 4.79 Å². The Hall–Kier alpha value is -1.55. The number of hydrogen-bond acceptors (Lipinski definition) is 4. The van der Waals surface area contributed by atoms with Gasteiger partial charge in [-0.15, -0.1) is 0 Å². The molecule has 22 heavy (non-hydrogen) atoms. The molecule has 0 spiro atoms. The summed E-state index contributed by atoms with van der Waals surface area (Å²) >= 11 is 0. The minimum atomic E-state index is -0.231. The van der Waals surface area contributed by atoms with Crippen molar-refractivity contribution in [2.24, 2.45) is 0 Å². The van der Waals surface area contributed by atoms with Crippen LogP contribution in [0, 0.1) is 13.8 Å². The van der Waals surface area contributed by atoms with Gasteiger partial charge in [0.15, 0.2) is 0 Å². The predicted molar refractivity (Wildman–Crippen MR) is 87.6 cm³/mol. The van der Waals surface area contributed by atoms with Crippen LogP contribution in [-0.2, 0) is 4.74 Å². The maximum Gasteiger partial charge on any atom is 0.338 e. The SMILES string of the molecule is Cc1cc(OC(C)C)cc(C)c1C(=O)OCCN1CCCC1. The van der Waals surface area contributed by atoms with Crippen LogP contribution in [0.25, 0.3) is 0 Å². The maximum atomic E-state index is 12.3. The summed E-state index contributed by atoms with van der Waals surface area (Å²) in [5.41, 5.74) is 2.47. The molecule has 1 aliphatic rings.